The van der Waals surface area contributed by atoms with Crippen LogP contribution in [0.4, 0.5) is 4.39 Å². The van der Waals surface area contributed by atoms with Gasteiger partial charge >= 0.3 is 5.97 Å². The number of aliphatic hydroxyl groups excluding tert-OH is 1. The number of β-amino-alcohol motifs (C(OH)–C–C–N with tert-alkyl or cyclic N) is 1. The van der Waals surface area contributed by atoms with Gasteiger partial charge in [0.05, 0.1) is 18.4 Å². The van der Waals surface area contributed by atoms with Gasteiger partial charge in [0.15, 0.2) is 5.79 Å². The maximum absolute atomic E-state index is 14.2. The van der Waals surface area contributed by atoms with Crippen molar-refractivity contribution in [2.24, 2.45) is 11.3 Å². The Morgan fingerprint density at radius 3 is 2.29 bits per heavy atom. The van der Waals surface area contributed by atoms with Crippen LogP contribution in [0.25, 0.3) is 0 Å². The van der Waals surface area contributed by atoms with Crippen molar-refractivity contribution >= 4 is 23.7 Å². The molecule has 0 bridgehead atoms. The van der Waals surface area contributed by atoms with Gasteiger partial charge in [-0.1, -0.05) is 51.1 Å². The van der Waals surface area contributed by atoms with E-state index >= 15 is 0 Å². The zero-order valence-electron chi connectivity index (χ0n) is 19.6. The van der Waals surface area contributed by atoms with Crippen LogP contribution >= 0.6 is 0 Å². The smallest absolute Gasteiger partial charge is 0.304 e. The first kappa shape index (κ1) is 25.6. The van der Waals surface area contributed by atoms with Crippen LogP contribution in [0.2, 0.25) is 0 Å². The quantitative estimate of drug-likeness (QED) is 0.331. The van der Waals surface area contributed by atoms with E-state index in [9.17, 15) is 33.8 Å². The molecule has 3 rings (SSSR count). The number of alkyl halides is 1. The van der Waals surface area contributed by atoms with Gasteiger partial charge in [-0.2, -0.15) is 0 Å². The van der Waals surface area contributed by atoms with E-state index < -0.39 is 65.4 Å². The normalized spacial score (nSPS) is 23.0. The average Bonchev–Trinajstić information content (AvgIpc) is 3.33. The number of rotatable bonds is 8. The third-order valence-electron chi connectivity index (χ3n) is 6.18. The van der Waals surface area contributed by atoms with Crippen molar-refractivity contribution in [1.82, 2.24) is 15.5 Å². The van der Waals surface area contributed by atoms with Gasteiger partial charge < -0.3 is 25.7 Å². The van der Waals surface area contributed by atoms with E-state index in [1.165, 1.54) is 4.90 Å². The number of likely N-dealkylation sites (tertiary alicyclic amines) is 1. The first-order chi connectivity index (χ1) is 15.8. The molecule has 1 aromatic rings. The molecule has 1 heterocycles. The third kappa shape index (κ3) is 6.11. The molecule has 4 atom stereocenters. The zero-order valence-corrected chi connectivity index (χ0v) is 19.6. The Morgan fingerprint density at radius 1 is 1.15 bits per heavy atom. The highest BCUT2D eigenvalue weighted by molar-refractivity contribution is 6.02. The van der Waals surface area contributed by atoms with E-state index in [4.69, 9.17) is 0 Å². The van der Waals surface area contributed by atoms with Gasteiger partial charge in [0, 0.05) is 25.8 Å². The highest BCUT2D eigenvalue weighted by atomic mass is 19.1. The summed E-state index contributed by atoms with van der Waals surface area (Å²) in [6, 6.07) is 8.41. The number of aliphatic carboxylic acids is 1. The van der Waals surface area contributed by atoms with Crippen molar-refractivity contribution in [2.75, 3.05) is 6.54 Å². The van der Waals surface area contributed by atoms with E-state index in [1.54, 1.807) is 51.1 Å². The second kappa shape index (κ2) is 9.69. The first-order valence-electron chi connectivity index (χ1n) is 11.4. The predicted molar refractivity (Wildman–Crippen MR) is 120 cm³/mol. The molecule has 9 nitrogen and oxygen atoms in total. The van der Waals surface area contributed by atoms with Crippen LogP contribution < -0.4 is 10.6 Å². The van der Waals surface area contributed by atoms with Crippen LogP contribution in [-0.4, -0.2) is 63.4 Å². The van der Waals surface area contributed by atoms with Crippen molar-refractivity contribution in [1.29, 1.82) is 0 Å². The molecular formula is C24H32FN3O6. The zero-order chi connectivity index (χ0) is 25.3. The lowest BCUT2D eigenvalue weighted by Crippen LogP contribution is -2.55. The second-order valence-corrected chi connectivity index (χ2v) is 10.2. The number of carbonyl (C=O) groups excluding carboxylic acids is 3. The van der Waals surface area contributed by atoms with Gasteiger partial charge in [0.2, 0.25) is 17.7 Å². The minimum atomic E-state index is -1.79. The predicted octanol–water partition coefficient (Wildman–Crippen LogP) is 1.52. The molecule has 0 spiro atoms. The van der Waals surface area contributed by atoms with Crippen LogP contribution in [0.3, 0.4) is 0 Å². The summed E-state index contributed by atoms with van der Waals surface area (Å²) >= 11 is 0. The van der Waals surface area contributed by atoms with Crippen LogP contribution in [0, 0.1) is 11.3 Å². The van der Waals surface area contributed by atoms with E-state index in [-0.39, 0.29) is 25.8 Å². The van der Waals surface area contributed by atoms with Crippen molar-refractivity contribution in [3.05, 3.63) is 35.9 Å². The Bertz CT molecular complexity index is 944. The number of nitrogens with zero attached hydrogens (tertiary/aromatic N) is 1. The van der Waals surface area contributed by atoms with Crippen molar-refractivity contribution in [2.45, 2.75) is 70.4 Å². The van der Waals surface area contributed by atoms with Gasteiger partial charge in [-0.15, -0.1) is 0 Å². The first-order valence-corrected chi connectivity index (χ1v) is 11.4. The molecular weight excluding hydrogens is 445 g/mol. The van der Waals surface area contributed by atoms with Crippen molar-refractivity contribution in [3.8, 4) is 0 Å². The molecule has 0 aromatic heterocycles. The number of halogens is 1. The van der Waals surface area contributed by atoms with Gasteiger partial charge in [0.25, 0.3) is 0 Å². The molecule has 10 heteroatoms. The lowest BCUT2D eigenvalue weighted by Gasteiger charge is -2.35. The Labute approximate surface area is 197 Å². The molecule has 1 saturated carbocycles. The summed E-state index contributed by atoms with van der Waals surface area (Å²) in [5, 5.41) is 24.5. The van der Waals surface area contributed by atoms with Crippen LogP contribution in [-0.2, 0) is 19.2 Å². The summed E-state index contributed by atoms with van der Waals surface area (Å²) in [5.41, 5.74) is -0.354. The minimum absolute atomic E-state index is 0.0254. The molecule has 2 aliphatic rings. The van der Waals surface area contributed by atoms with Gasteiger partial charge in [-0.25, -0.2) is 4.39 Å². The maximum Gasteiger partial charge on any atom is 0.304 e. The molecule has 2 fully saturated rings. The topological polar surface area (TPSA) is 136 Å². The molecule has 4 N–H and O–H groups in total. The molecule has 3 amide bonds. The number of benzene rings is 1. The van der Waals surface area contributed by atoms with E-state index in [0.29, 0.717) is 5.56 Å². The highest BCUT2D eigenvalue weighted by Crippen LogP contribution is 2.38. The number of aliphatic hydroxyl groups is 1. The Morgan fingerprint density at radius 2 is 1.76 bits per heavy atom. The highest BCUT2D eigenvalue weighted by Gasteiger charge is 2.50. The lowest BCUT2D eigenvalue weighted by atomic mass is 9.79. The molecule has 1 aliphatic carbocycles. The summed E-state index contributed by atoms with van der Waals surface area (Å²) in [5.74, 6) is -7.18. The van der Waals surface area contributed by atoms with Crippen LogP contribution in [0.5, 0.6) is 0 Å². The average molecular weight is 478 g/mol. The summed E-state index contributed by atoms with van der Waals surface area (Å²) in [6.07, 6.45) is -1.93. The second-order valence-electron chi connectivity index (χ2n) is 10.2. The molecule has 0 radical (unpaired) electrons. The number of carbonyl (C=O) groups is 4. The standard InChI is InChI=1S/C24H32FN3O6/c1-23(2,3)19(21(33)27-24(25)9-10-24)22(34)28-13-15(29)11-17(28)26-20(32)16(12-18(30)31)14-7-5-4-6-8-14/h4-8,15-17,19,29H,9-13H2,1-3H3,(H,26,32)(H,27,33)(H,30,31)/t15-,16+,17+,19+/m1/s1. The van der Waals surface area contributed by atoms with Gasteiger partial charge in [-0.05, 0) is 11.0 Å². The van der Waals surface area contributed by atoms with E-state index in [0.717, 1.165) is 0 Å². The van der Waals surface area contributed by atoms with Crippen LogP contribution in [0.15, 0.2) is 30.3 Å². The summed E-state index contributed by atoms with van der Waals surface area (Å²) in [4.78, 5) is 52.0. The minimum Gasteiger partial charge on any atom is -0.481 e. The summed E-state index contributed by atoms with van der Waals surface area (Å²) < 4.78 is 14.2. The summed E-state index contributed by atoms with van der Waals surface area (Å²) in [6.45, 7) is 4.95. The van der Waals surface area contributed by atoms with Gasteiger partial charge in [-0.3, -0.25) is 19.2 Å². The van der Waals surface area contributed by atoms with Crippen molar-refractivity contribution < 1.29 is 33.8 Å². The fraction of sp³-hybridized carbons (Fsp3) is 0.583. The van der Waals surface area contributed by atoms with E-state index in [1.807, 2.05) is 0 Å². The molecule has 34 heavy (non-hydrogen) atoms. The molecule has 1 aromatic carbocycles. The molecule has 1 saturated heterocycles. The fourth-order valence-corrected chi connectivity index (χ4v) is 4.25. The maximum atomic E-state index is 14.2. The van der Waals surface area contributed by atoms with Crippen LogP contribution in [0.1, 0.15) is 57.9 Å². The Hall–Kier alpha value is -3.01. The lowest BCUT2D eigenvalue weighted by molar-refractivity contribution is -0.149. The SMILES string of the molecule is CC(C)(C)[C@@H](C(=O)NC1(F)CC1)C(=O)N1C[C@H](O)C[C@H]1NC(=O)[C@@H](CC(=O)O)c1ccccc1. The number of carboxylic acids is 1. The number of carboxylic acid groups (broad SMARTS) is 1. The monoisotopic (exact) mass is 477 g/mol. The van der Waals surface area contributed by atoms with Gasteiger partial charge in [0.1, 0.15) is 12.1 Å². The number of hydrogen-bond donors (Lipinski definition) is 4. The molecule has 186 valence electrons. The Balaban J connectivity index is 1.80. The fourth-order valence-electron chi connectivity index (χ4n) is 4.25. The number of nitrogens with one attached hydrogen (secondary N) is 2. The number of amides is 3. The third-order valence-corrected chi connectivity index (χ3v) is 6.18. The number of hydrogen-bond acceptors (Lipinski definition) is 5. The molecule has 0 unspecified atom stereocenters. The largest absolute Gasteiger partial charge is 0.481 e. The van der Waals surface area contributed by atoms with Crippen molar-refractivity contribution in [3.63, 3.8) is 0 Å². The Kier molecular flexibility index (Phi) is 7.30. The van der Waals surface area contributed by atoms with E-state index in [2.05, 4.69) is 10.6 Å². The summed E-state index contributed by atoms with van der Waals surface area (Å²) in [7, 11) is 0. The molecule has 1 aliphatic heterocycles.